The number of morpholine rings is 1. The van der Waals surface area contributed by atoms with Crippen LogP contribution in [0.3, 0.4) is 0 Å². The predicted molar refractivity (Wildman–Crippen MR) is 94.8 cm³/mol. The van der Waals surface area contributed by atoms with Gasteiger partial charge in [0.25, 0.3) is 0 Å². The Labute approximate surface area is 152 Å². The first-order valence-corrected chi connectivity index (χ1v) is 8.95. The fourth-order valence-corrected chi connectivity index (χ4v) is 3.56. The van der Waals surface area contributed by atoms with Crippen molar-refractivity contribution in [3.05, 3.63) is 29.8 Å². The molecule has 140 valence electrons. The number of ether oxygens (including phenoxy) is 1. The number of carboxylic acids is 1. The van der Waals surface area contributed by atoms with E-state index in [-0.39, 0.29) is 30.9 Å². The molecule has 2 heterocycles. The number of hydrogen-bond acceptors (Lipinski definition) is 4. The first kappa shape index (κ1) is 18.4. The van der Waals surface area contributed by atoms with E-state index in [0.717, 1.165) is 12.1 Å². The van der Waals surface area contributed by atoms with Crippen LogP contribution in [-0.2, 0) is 25.5 Å². The Hall–Kier alpha value is -2.41. The maximum Gasteiger partial charge on any atom is 0.334 e. The highest BCUT2D eigenvalue weighted by Gasteiger charge is 2.40. The molecule has 1 aromatic carbocycles. The Bertz CT molecular complexity index is 702. The number of amides is 2. The Kier molecular flexibility index (Phi) is 5.27. The van der Waals surface area contributed by atoms with Crippen molar-refractivity contribution in [3.8, 4) is 0 Å². The normalized spacial score (nSPS) is 26.2. The summed E-state index contributed by atoms with van der Waals surface area (Å²) in [6.07, 6.45) is -0.284. The molecule has 0 aromatic heterocycles. The molecule has 2 fully saturated rings. The summed E-state index contributed by atoms with van der Waals surface area (Å²) >= 11 is 0. The Morgan fingerprint density at radius 1 is 1.19 bits per heavy atom. The fourth-order valence-electron chi connectivity index (χ4n) is 3.56. The highest BCUT2D eigenvalue weighted by Crippen LogP contribution is 2.27. The molecule has 1 N–H and O–H groups in total. The second kappa shape index (κ2) is 7.45. The molecule has 26 heavy (non-hydrogen) atoms. The van der Waals surface area contributed by atoms with Crippen molar-refractivity contribution in [1.29, 1.82) is 0 Å². The highest BCUT2D eigenvalue weighted by molar-refractivity contribution is 6.00. The van der Waals surface area contributed by atoms with Crippen molar-refractivity contribution in [2.45, 2.75) is 38.9 Å². The average Bonchev–Trinajstić information content (AvgIpc) is 3.02. The molecule has 3 rings (SSSR count). The SMILES string of the molecule is CCc1ccc(N2CC(C(=O)N3CC(C(=O)O)O[C@H](C)C3)CC2=O)cc1. The van der Waals surface area contributed by atoms with E-state index in [2.05, 4.69) is 6.92 Å². The fraction of sp³-hybridized carbons (Fsp3) is 0.526. The van der Waals surface area contributed by atoms with E-state index in [4.69, 9.17) is 4.74 Å². The summed E-state index contributed by atoms with van der Waals surface area (Å²) in [5, 5.41) is 9.17. The van der Waals surface area contributed by atoms with E-state index in [1.807, 2.05) is 24.3 Å². The molecule has 1 aromatic rings. The van der Waals surface area contributed by atoms with Gasteiger partial charge in [-0.1, -0.05) is 19.1 Å². The van der Waals surface area contributed by atoms with Crippen LogP contribution in [-0.4, -0.2) is 59.6 Å². The lowest BCUT2D eigenvalue weighted by Crippen LogP contribution is -2.53. The van der Waals surface area contributed by atoms with E-state index < -0.39 is 18.0 Å². The van der Waals surface area contributed by atoms with Gasteiger partial charge >= 0.3 is 5.97 Å². The molecule has 7 nitrogen and oxygen atoms in total. The van der Waals surface area contributed by atoms with Gasteiger partial charge in [0.05, 0.1) is 18.6 Å². The molecular formula is C19H24N2O5. The molecule has 0 bridgehead atoms. The zero-order valence-corrected chi connectivity index (χ0v) is 15.1. The van der Waals surface area contributed by atoms with Gasteiger partial charge in [0.2, 0.25) is 11.8 Å². The van der Waals surface area contributed by atoms with Gasteiger partial charge in [0.15, 0.2) is 6.10 Å². The number of anilines is 1. The van der Waals surface area contributed by atoms with Gasteiger partial charge < -0.3 is 19.6 Å². The molecule has 2 aliphatic heterocycles. The van der Waals surface area contributed by atoms with Gasteiger partial charge in [0, 0.05) is 25.2 Å². The molecule has 0 radical (unpaired) electrons. The number of aryl methyl sites for hydroxylation is 1. The molecule has 0 spiro atoms. The van der Waals surface area contributed by atoms with Crippen LogP contribution >= 0.6 is 0 Å². The van der Waals surface area contributed by atoms with Crippen LogP contribution in [0, 0.1) is 5.92 Å². The van der Waals surface area contributed by atoms with Gasteiger partial charge in [-0.25, -0.2) is 4.79 Å². The predicted octanol–water partition coefficient (Wildman–Crippen LogP) is 1.30. The lowest BCUT2D eigenvalue weighted by Gasteiger charge is -2.36. The zero-order valence-electron chi connectivity index (χ0n) is 15.1. The van der Waals surface area contributed by atoms with Crippen LogP contribution in [0.5, 0.6) is 0 Å². The standard InChI is InChI=1S/C19H24N2O5/c1-3-13-4-6-15(7-5-13)21-10-14(8-17(21)22)18(23)20-9-12(2)26-16(11-20)19(24)25/h4-7,12,14,16H,3,8-11H2,1-2H3,(H,24,25)/t12-,14?,16?/m1/s1. The molecular weight excluding hydrogens is 336 g/mol. The van der Waals surface area contributed by atoms with Gasteiger partial charge in [-0.15, -0.1) is 0 Å². The number of carboxylic acid groups (broad SMARTS) is 1. The molecule has 0 saturated carbocycles. The van der Waals surface area contributed by atoms with Crippen molar-refractivity contribution in [3.63, 3.8) is 0 Å². The number of carbonyl (C=O) groups is 3. The minimum atomic E-state index is -1.07. The summed E-state index contributed by atoms with van der Waals surface area (Å²) in [7, 11) is 0. The molecule has 7 heteroatoms. The smallest absolute Gasteiger partial charge is 0.334 e. The van der Waals surface area contributed by atoms with Crippen LogP contribution in [0.1, 0.15) is 25.8 Å². The Balaban J connectivity index is 1.69. The maximum absolute atomic E-state index is 12.8. The largest absolute Gasteiger partial charge is 0.479 e. The summed E-state index contributed by atoms with van der Waals surface area (Å²) < 4.78 is 5.35. The van der Waals surface area contributed by atoms with Crippen molar-refractivity contribution < 1.29 is 24.2 Å². The van der Waals surface area contributed by atoms with E-state index >= 15 is 0 Å². The molecule has 3 atom stereocenters. The lowest BCUT2D eigenvalue weighted by atomic mass is 10.1. The molecule has 2 amide bonds. The second-order valence-corrected chi connectivity index (χ2v) is 6.94. The number of rotatable bonds is 4. The number of nitrogens with zero attached hydrogens (tertiary/aromatic N) is 2. The van der Waals surface area contributed by atoms with E-state index in [1.54, 1.807) is 11.8 Å². The van der Waals surface area contributed by atoms with E-state index in [0.29, 0.717) is 13.1 Å². The summed E-state index contributed by atoms with van der Waals surface area (Å²) in [5.74, 6) is -1.78. The third kappa shape index (κ3) is 3.72. The monoisotopic (exact) mass is 360 g/mol. The van der Waals surface area contributed by atoms with Gasteiger partial charge in [-0.3, -0.25) is 9.59 Å². The minimum absolute atomic E-state index is 0.0222. The third-order valence-corrected chi connectivity index (χ3v) is 4.98. The van der Waals surface area contributed by atoms with Crippen LogP contribution < -0.4 is 4.90 Å². The molecule has 0 aliphatic carbocycles. The van der Waals surface area contributed by atoms with Crippen molar-refractivity contribution >= 4 is 23.5 Å². The second-order valence-electron chi connectivity index (χ2n) is 6.94. The minimum Gasteiger partial charge on any atom is -0.479 e. The van der Waals surface area contributed by atoms with Crippen LogP contribution in [0.25, 0.3) is 0 Å². The Morgan fingerprint density at radius 2 is 1.88 bits per heavy atom. The van der Waals surface area contributed by atoms with Crippen LogP contribution in [0.15, 0.2) is 24.3 Å². The van der Waals surface area contributed by atoms with Crippen molar-refractivity contribution in [2.24, 2.45) is 5.92 Å². The zero-order chi connectivity index (χ0) is 18.8. The first-order valence-electron chi connectivity index (χ1n) is 8.95. The third-order valence-electron chi connectivity index (χ3n) is 4.98. The highest BCUT2D eigenvalue weighted by atomic mass is 16.5. The van der Waals surface area contributed by atoms with Crippen LogP contribution in [0.4, 0.5) is 5.69 Å². The quantitative estimate of drug-likeness (QED) is 0.875. The summed E-state index contributed by atoms with van der Waals surface area (Å²) in [6, 6.07) is 7.78. The van der Waals surface area contributed by atoms with Gasteiger partial charge in [0.1, 0.15) is 0 Å². The molecule has 2 aliphatic rings. The summed E-state index contributed by atoms with van der Waals surface area (Å²) in [5.41, 5.74) is 1.98. The topological polar surface area (TPSA) is 87.2 Å². The van der Waals surface area contributed by atoms with Crippen LogP contribution in [0.2, 0.25) is 0 Å². The average molecular weight is 360 g/mol. The maximum atomic E-state index is 12.8. The number of benzene rings is 1. The van der Waals surface area contributed by atoms with Crippen molar-refractivity contribution in [1.82, 2.24) is 4.90 Å². The molecule has 2 unspecified atom stereocenters. The van der Waals surface area contributed by atoms with Crippen molar-refractivity contribution in [2.75, 3.05) is 24.5 Å². The molecule has 2 saturated heterocycles. The summed E-state index contributed by atoms with van der Waals surface area (Å²) in [4.78, 5) is 39.6. The number of aliphatic carboxylic acids is 1. The van der Waals surface area contributed by atoms with Gasteiger partial charge in [-0.05, 0) is 31.0 Å². The summed E-state index contributed by atoms with van der Waals surface area (Å²) in [6.45, 7) is 4.51. The number of hydrogen-bond donors (Lipinski definition) is 1. The van der Waals surface area contributed by atoms with Gasteiger partial charge in [-0.2, -0.15) is 0 Å². The first-order chi connectivity index (χ1) is 12.4. The van der Waals surface area contributed by atoms with E-state index in [1.165, 1.54) is 10.5 Å². The number of carbonyl (C=O) groups excluding carboxylic acids is 2. The lowest BCUT2D eigenvalue weighted by molar-refractivity contribution is -0.167. The Morgan fingerprint density at radius 3 is 2.50 bits per heavy atom. The van der Waals surface area contributed by atoms with E-state index in [9.17, 15) is 19.5 Å².